The Hall–Kier alpha value is -1.45. The van der Waals surface area contributed by atoms with E-state index in [9.17, 15) is 0 Å². The minimum atomic E-state index is 0.115. The molecule has 0 saturated heterocycles. The van der Waals surface area contributed by atoms with Crippen LogP contribution in [0.15, 0.2) is 36.4 Å². The maximum atomic E-state index is 5.64. The van der Waals surface area contributed by atoms with Crippen molar-refractivity contribution in [1.29, 1.82) is 0 Å². The molecule has 0 fully saturated rings. The molecule has 0 bridgehead atoms. The quantitative estimate of drug-likeness (QED) is 0.626. The van der Waals surface area contributed by atoms with Gasteiger partial charge in [-0.15, -0.1) is 0 Å². The van der Waals surface area contributed by atoms with E-state index in [-0.39, 0.29) is 6.04 Å². The van der Waals surface area contributed by atoms with E-state index in [2.05, 4.69) is 42.5 Å². The average Bonchev–Trinajstić information content (AvgIpc) is 2.39. The van der Waals surface area contributed by atoms with Gasteiger partial charge in [-0.1, -0.05) is 44.5 Å². The smallest absolute Gasteiger partial charge is 0.0706 e. The van der Waals surface area contributed by atoms with E-state index in [1.807, 2.05) is 18.2 Å². The second kappa shape index (κ2) is 5.25. The molecule has 90 valence electrons. The highest BCUT2D eigenvalue weighted by Gasteiger charge is 2.17. The summed E-state index contributed by atoms with van der Waals surface area (Å²) in [6.45, 7) is 4.34. The van der Waals surface area contributed by atoms with E-state index in [4.69, 9.17) is 5.84 Å². The van der Waals surface area contributed by atoms with Gasteiger partial charge in [-0.25, -0.2) is 0 Å². The maximum Gasteiger partial charge on any atom is 0.0706 e. The van der Waals surface area contributed by atoms with Crippen LogP contribution in [0.4, 0.5) is 0 Å². The van der Waals surface area contributed by atoms with Crippen LogP contribution in [0.5, 0.6) is 0 Å². The normalized spacial score (nSPS) is 14.8. The predicted molar refractivity (Wildman–Crippen MR) is 71.3 cm³/mol. The zero-order valence-corrected chi connectivity index (χ0v) is 10.4. The average molecular weight is 229 g/mol. The lowest BCUT2D eigenvalue weighted by Gasteiger charge is -2.21. The van der Waals surface area contributed by atoms with Gasteiger partial charge in [0.25, 0.3) is 0 Å². The number of pyridine rings is 1. The summed E-state index contributed by atoms with van der Waals surface area (Å²) < 4.78 is 0. The molecule has 0 radical (unpaired) electrons. The fourth-order valence-corrected chi connectivity index (χ4v) is 2.03. The highest BCUT2D eigenvalue weighted by atomic mass is 15.2. The molecule has 1 heterocycles. The number of nitrogens with one attached hydrogen (secondary N) is 1. The molecule has 0 aliphatic rings. The molecule has 2 rings (SSSR count). The number of hydrazine groups is 1. The van der Waals surface area contributed by atoms with Crippen LogP contribution >= 0.6 is 0 Å². The van der Waals surface area contributed by atoms with Gasteiger partial charge in [0.05, 0.1) is 17.3 Å². The van der Waals surface area contributed by atoms with Gasteiger partial charge in [0.1, 0.15) is 0 Å². The molecule has 2 atom stereocenters. The van der Waals surface area contributed by atoms with Crippen LogP contribution in [0, 0.1) is 5.92 Å². The lowest BCUT2D eigenvalue weighted by Crippen LogP contribution is -2.33. The van der Waals surface area contributed by atoms with Crippen molar-refractivity contribution in [2.45, 2.75) is 26.3 Å². The van der Waals surface area contributed by atoms with Crippen LogP contribution in [0.2, 0.25) is 0 Å². The molecular formula is C14H19N3. The largest absolute Gasteiger partial charge is 0.271 e. The third-order valence-corrected chi connectivity index (χ3v) is 3.33. The number of nitrogens with zero attached hydrogens (tertiary/aromatic N) is 1. The Balaban J connectivity index is 2.40. The van der Waals surface area contributed by atoms with Crippen molar-refractivity contribution in [1.82, 2.24) is 10.4 Å². The summed E-state index contributed by atoms with van der Waals surface area (Å²) in [6, 6.07) is 12.4. The fraction of sp³-hybridized carbons (Fsp3) is 0.357. The number of hydrogen-bond donors (Lipinski definition) is 2. The van der Waals surface area contributed by atoms with Crippen molar-refractivity contribution in [2.24, 2.45) is 11.8 Å². The van der Waals surface area contributed by atoms with Crippen molar-refractivity contribution < 1.29 is 0 Å². The van der Waals surface area contributed by atoms with Gasteiger partial charge in [-0.2, -0.15) is 0 Å². The van der Waals surface area contributed by atoms with E-state index in [0.717, 1.165) is 23.0 Å². The molecule has 2 aromatic rings. The first kappa shape index (κ1) is 12.0. The van der Waals surface area contributed by atoms with E-state index in [1.54, 1.807) is 0 Å². The highest BCUT2D eigenvalue weighted by Crippen LogP contribution is 2.23. The van der Waals surface area contributed by atoms with Gasteiger partial charge in [0.2, 0.25) is 0 Å². The zero-order chi connectivity index (χ0) is 12.3. The zero-order valence-electron chi connectivity index (χ0n) is 10.4. The SMILES string of the molecule is CCC(C)C(NN)c1ccc2ccccc2n1. The van der Waals surface area contributed by atoms with Gasteiger partial charge >= 0.3 is 0 Å². The summed E-state index contributed by atoms with van der Waals surface area (Å²) in [7, 11) is 0. The molecule has 0 amide bonds. The third-order valence-electron chi connectivity index (χ3n) is 3.33. The number of para-hydroxylation sites is 1. The number of fused-ring (bicyclic) bond motifs is 1. The van der Waals surface area contributed by atoms with Crippen molar-refractivity contribution in [3.63, 3.8) is 0 Å². The van der Waals surface area contributed by atoms with E-state index in [1.165, 1.54) is 0 Å². The molecule has 1 aromatic carbocycles. The highest BCUT2D eigenvalue weighted by molar-refractivity contribution is 5.78. The van der Waals surface area contributed by atoms with Crippen molar-refractivity contribution in [2.75, 3.05) is 0 Å². The standard InChI is InChI=1S/C14H19N3/c1-3-10(2)14(17-15)13-9-8-11-6-4-5-7-12(11)16-13/h4-10,14,17H,3,15H2,1-2H3. The number of nitrogens with two attached hydrogens (primary N) is 1. The first-order valence-corrected chi connectivity index (χ1v) is 6.08. The number of hydrogen-bond acceptors (Lipinski definition) is 3. The van der Waals surface area contributed by atoms with Crippen LogP contribution in [-0.2, 0) is 0 Å². The predicted octanol–water partition coefficient (Wildman–Crippen LogP) is 2.79. The Morgan fingerprint density at radius 2 is 2.00 bits per heavy atom. The summed E-state index contributed by atoms with van der Waals surface area (Å²) in [5, 5.41) is 1.16. The molecule has 3 N–H and O–H groups in total. The Labute approximate surface area is 102 Å². The minimum Gasteiger partial charge on any atom is -0.271 e. The molecule has 3 nitrogen and oxygen atoms in total. The minimum absolute atomic E-state index is 0.115. The van der Waals surface area contributed by atoms with Crippen molar-refractivity contribution >= 4 is 10.9 Å². The Bertz CT molecular complexity index is 496. The summed E-state index contributed by atoms with van der Waals surface area (Å²) in [5.41, 5.74) is 4.91. The molecule has 3 heteroatoms. The molecule has 0 saturated carbocycles. The summed E-state index contributed by atoms with van der Waals surface area (Å²) in [5.74, 6) is 6.10. The van der Waals surface area contributed by atoms with Gasteiger partial charge in [-0.05, 0) is 18.1 Å². The second-order valence-corrected chi connectivity index (χ2v) is 4.46. The molecule has 0 spiro atoms. The molecule has 2 unspecified atom stereocenters. The lowest BCUT2D eigenvalue weighted by molar-refractivity contribution is 0.376. The van der Waals surface area contributed by atoms with Crippen LogP contribution in [0.25, 0.3) is 10.9 Å². The van der Waals surface area contributed by atoms with Gasteiger partial charge < -0.3 is 0 Å². The molecule has 17 heavy (non-hydrogen) atoms. The van der Waals surface area contributed by atoms with Gasteiger partial charge in [0, 0.05) is 5.39 Å². The third kappa shape index (κ3) is 2.46. The maximum absolute atomic E-state index is 5.64. The van der Waals surface area contributed by atoms with Crippen LogP contribution < -0.4 is 11.3 Å². The molecule has 0 aliphatic carbocycles. The first-order chi connectivity index (χ1) is 8.26. The van der Waals surface area contributed by atoms with Crippen molar-refractivity contribution in [3.05, 3.63) is 42.1 Å². The van der Waals surface area contributed by atoms with Crippen molar-refractivity contribution in [3.8, 4) is 0 Å². The van der Waals surface area contributed by atoms with Crippen LogP contribution in [0.1, 0.15) is 32.0 Å². The molecule has 1 aromatic heterocycles. The number of aromatic nitrogens is 1. The summed E-state index contributed by atoms with van der Waals surface area (Å²) >= 11 is 0. The topological polar surface area (TPSA) is 50.9 Å². The lowest BCUT2D eigenvalue weighted by atomic mass is 9.96. The van der Waals surface area contributed by atoms with E-state index < -0.39 is 0 Å². The Morgan fingerprint density at radius 3 is 2.71 bits per heavy atom. The first-order valence-electron chi connectivity index (χ1n) is 6.08. The van der Waals surface area contributed by atoms with Crippen LogP contribution in [0.3, 0.4) is 0 Å². The van der Waals surface area contributed by atoms with Crippen LogP contribution in [-0.4, -0.2) is 4.98 Å². The number of rotatable bonds is 4. The Morgan fingerprint density at radius 1 is 1.24 bits per heavy atom. The monoisotopic (exact) mass is 229 g/mol. The number of benzene rings is 1. The Kier molecular flexibility index (Phi) is 3.71. The second-order valence-electron chi connectivity index (χ2n) is 4.46. The molecular weight excluding hydrogens is 210 g/mol. The van der Waals surface area contributed by atoms with E-state index in [0.29, 0.717) is 5.92 Å². The fourth-order valence-electron chi connectivity index (χ4n) is 2.03. The van der Waals surface area contributed by atoms with E-state index >= 15 is 0 Å². The molecule has 0 aliphatic heterocycles. The summed E-state index contributed by atoms with van der Waals surface area (Å²) in [4.78, 5) is 4.67. The van der Waals surface area contributed by atoms with Gasteiger partial charge in [-0.3, -0.25) is 16.3 Å². The van der Waals surface area contributed by atoms with Gasteiger partial charge in [0.15, 0.2) is 0 Å². The summed E-state index contributed by atoms with van der Waals surface area (Å²) in [6.07, 6.45) is 1.07.